The van der Waals surface area contributed by atoms with E-state index in [1.54, 1.807) is 12.3 Å². The lowest BCUT2D eigenvalue weighted by Crippen LogP contribution is -2.21. The number of pyridine rings is 1. The molecule has 4 heteroatoms. The van der Waals surface area contributed by atoms with Crippen LogP contribution in [-0.2, 0) is 0 Å². The summed E-state index contributed by atoms with van der Waals surface area (Å²) in [6.45, 7) is 1.86. The van der Waals surface area contributed by atoms with Gasteiger partial charge in [-0.1, -0.05) is 0 Å². The van der Waals surface area contributed by atoms with Crippen LogP contribution in [0.3, 0.4) is 0 Å². The molecule has 1 aromatic rings. The molecule has 0 saturated heterocycles. The second kappa shape index (κ2) is 3.87. The van der Waals surface area contributed by atoms with E-state index in [9.17, 15) is 4.79 Å². The minimum Gasteiger partial charge on any atom is -0.329 e. The first-order valence-electron chi connectivity index (χ1n) is 3.97. The first kappa shape index (κ1) is 9.49. The molecule has 0 amide bonds. The number of nitrogens with zero attached hydrogens (tertiary/aromatic N) is 1. The fraction of sp³-hybridized carbons (Fsp3) is 0.333. The van der Waals surface area contributed by atoms with E-state index >= 15 is 0 Å². The van der Waals surface area contributed by atoms with Gasteiger partial charge in [-0.25, -0.2) is 0 Å². The van der Waals surface area contributed by atoms with Gasteiger partial charge < -0.3 is 10.7 Å². The van der Waals surface area contributed by atoms with Crippen LogP contribution in [0.2, 0.25) is 0 Å². The van der Waals surface area contributed by atoms with E-state index in [1.165, 1.54) is 0 Å². The monoisotopic (exact) mass is 177 g/mol. The highest BCUT2D eigenvalue weighted by Crippen LogP contribution is 2.09. The maximum absolute atomic E-state index is 11.2. The molecule has 1 heterocycles. The molecular weight excluding hydrogens is 166 g/mol. The third-order valence-electron chi connectivity index (χ3n) is 1.79. The number of aromatic nitrogens is 1. The Kier molecular flexibility index (Phi) is 2.83. The first-order valence-corrected chi connectivity index (χ1v) is 3.97. The van der Waals surface area contributed by atoms with Gasteiger partial charge in [0.2, 0.25) is 0 Å². The van der Waals surface area contributed by atoms with Crippen molar-refractivity contribution < 1.29 is 0 Å². The first-order chi connectivity index (χ1) is 6.15. The Morgan fingerprint density at radius 2 is 2.46 bits per heavy atom. The Morgan fingerprint density at radius 1 is 1.77 bits per heavy atom. The van der Waals surface area contributed by atoms with Crippen LogP contribution < -0.4 is 11.3 Å². The molecule has 1 aromatic heterocycles. The summed E-state index contributed by atoms with van der Waals surface area (Å²) in [6.07, 6.45) is 1.78. The van der Waals surface area contributed by atoms with E-state index in [1.807, 2.05) is 13.0 Å². The fourth-order valence-corrected chi connectivity index (χ4v) is 1.10. The third kappa shape index (κ3) is 2.17. The second-order valence-corrected chi connectivity index (χ2v) is 2.93. The van der Waals surface area contributed by atoms with Crippen LogP contribution in [0.1, 0.15) is 23.6 Å². The molecule has 0 fully saturated rings. The van der Waals surface area contributed by atoms with Crippen LogP contribution in [0.25, 0.3) is 0 Å². The Labute approximate surface area is 76.0 Å². The minimum absolute atomic E-state index is 0.159. The Bertz CT molecular complexity index is 389. The molecule has 0 radical (unpaired) electrons. The van der Waals surface area contributed by atoms with Crippen LogP contribution in [0.4, 0.5) is 0 Å². The van der Waals surface area contributed by atoms with Gasteiger partial charge in [0, 0.05) is 17.8 Å². The lowest BCUT2D eigenvalue weighted by atomic mass is 10.1. The van der Waals surface area contributed by atoms with E-state index in [0.717, 1.165) is 5.56 Å². The van der Waals surface area contributed by atoms with E-state index in [-0.39, 0.29) is 12.0 Å². The van der Waals surface area contributed by atoms with Crippen LogP contribution >= 0.6 is 0 Å². The topological polar surface area (TPSA) is 82.7 Å². The van der Waals surface area contributed by atoms with Crippen molar-refractivity contribution in [2.45, 2.75) is 19.4 Å². The number of nitrogens with one attached hydrogen (secondary N) is 1. The summed E-state index contributed by atoms with van der Waals surface area (Å²) in [5.41, 5.74) is 6.83. The summed E-state index contributed by atoms with van der Waals surface area (Å²) in [4.78, 5) is 13.8. The van der Waals surface area contributed by atoms with Gasteiger partial charge in [-0.3, -0.25) is 4.79 Å². The summed E-state index contributed by atoms with van der Waals surface area (Å²) in [6, 6.07) is 3.15. The zero-order valence-corrected chi connectivity index (χ0v) is 7.37. The van der Waals surface area contributed by atoms with Gasteiger partial charge in [-0.15, -0.1) is 0 Å². The van der Waals surface area contributed by atoms with E-state index < -0.39 is 6.04 Å². The van der Waals surface area contributed by atoms with Gasteiger partial charge >= 0.3 is 0 Å². The molecule has 0 aliphatic heterocycles. The molecule has 0 unspecified atom stereocenters. The van der Waals surface area contributed by atoms with Crippen LogP contribution in [0.15, 0.2) is 17.1 Å². The third-order valence-corrected chi connectivity index (χ3v) is 1.79. The van der Waals surface area contributed by atoms with Gasteiger partial charge in [0.05, 0.1) is 12.5 Å². The molecule has 0 bridgehead atoms. The molecule has 0 saturated carbocycles. The highest BCUT2D eigenvalue weighted by molar-refractivity contribution is 5.20. The molecule has 0 spiro atoms. The van der Waals surface area contributed by atoms with Crippen molar-refractivity contribution in [3.8, 4) is 6.07 Å². The van der Waals surface area contributed by atoms with Gasteiger partial charge in [-0.05, 0) is 18.6 Å². The summed E-state index contributed by atoms with van der Waals surface area (Å²) >= 11 is 0. The summed E-state index contributed by atoms with van der Waals surface area (Å²) in [7, 11) is 0. The summed E-state index contributed by atoms with van der Waals surface area (Å²) in [5.74, 6) is 0. The van der Waals surface area contributed by atoms with E-state index in [4.69, 9.17) is 11.0 Å². The van der Waals surface area contributed by atoms with Gasteiger partial charge in [0.1, 0.15) is 0 Å². The quantitative estimate of drug-likeness (QED) is 0.693. The predicted octanol–water partition coefficient (Wildman–Crippen LogP) is 0.597. The largest absolute Gasteiger partial charge is 0.329 e. The second-order valence-electron chi connectivity index (χ2n) is 2.93. The van der Waals surface area contributed by atoms with Crippen LogP contribution in [0, 0.1) is 18.3 Å². The highest BCUT2D eigenvalue weighted by atomic mass is 16.1. The van der Waals surface area contributed by atoms with Crippen molar-refractivity contribution in [2.75, 3.05) is 0 Å². The van der Waals surface area contributed by atoms with Crippen molar-refractivity contribution in [1.29, 1.82) is 5.26 Å². The average Bonchev–Trinajstić information content (AvgIpc) is 2.09. The van der Waals surface area contributed by atoms with Crippen molar-refractivity contribution in [1.82, 2.24) is 4.98 Å². The molecule has 4 nitrogen and oxygen atoms in total. The van der Waals surface area contributed by atoms with Gasteiger partial charge in [0.15, 0.2) is 0 Å². The molecule has 0 aromatic carbocycles. The SMILES string of the molecule is Cc1c[nH]c(=O)c([C@H](N)CC#N)c1. The maximum atomic E-state index is 11.2. The lowest BCUT2D eigenvalue weighted by Gasteiger charge is -2.06. The number of aryl methyl sites for hydroxylation is 1. The maximum Gasteiger partial charge on any atom is 0.252 e. The Balaban J connectivity index is 3.07. The molecule has 1 rings (SSSR count). The number of hydrogen-bond donors (Lipinski definition) is 2. The van der Waals surface area contributed by atoms with Crippen molar-refractivity contribution >= 4 is 0 Å². The predicted molar refractivity (Wildman–Crippen MR) is 49.0 cm³/mol. The standard InChI is InChI=1S/C9H11N3O/c1-6-4-7(8(11)2-3-10)9(13)12-5-6/h4-5,8H,2,11H2,1H3,(H,12,13)/t8-/m1/s1. The van der Waals surface area contributed by atoms with Crippen LogP contribution in [-0.4, -0.2) is 4.98 Å². The van der Waals surface area contributed by atoms with E-state index in [0.29, 0.717) is 5.56 Å². The normalized spacial score (nSPS) is 12.1. The smallest absolute Gasteiger partial charge is 0.252 e. The fourth-order valence-electron chi connectivity index (χ4n) is 1.10. The number of rotatable bonds is 2. The number of H-pyrrole nitrogens is 1. The number of hydrogen-bond acceptors (Lipinski definition) is 3. The van der Waals surface area contributed by atoms with Crippen molar-refractivity contribution in [3.05, 3.63) is 33.7 Å². The van der Waals surface area contributed by atoms with E-state index in [2.05, 4.69) is 4.98 Å². The lowest BCUT2D eigenvalue weighted by molar-refractivity contribution is 0.734. The Hall–Kier alpha value is -1.60. The number of nitriles is 1. The molecular formula is C9H11N3O. The molecule has 0 aliphatic carbocycles. The van der Waals surface area contributed by atoms with Gasteiger partial charge in [-0.2, -0.15) is 5.26 Å². The zero-order valence-electron chi connectivity index (χ0n) is 7.37. The van der Waals surface area contributed by atoms with Gasteiger partial charge in [0.25, 0.3) is 5.56 Å². The highest BCUT2D eigenvalue weighted by Gasteiger charge is 2.09. The molecule has 3 N–H and O–H groups in total. The summed E-state index contributed by atoms with van der Waals surface area (Å²) < 4.78 is 0. The van der Waals surface area contributed by atoms with Crippen molar-refractivity contribution in [2.24, 2.45) is 5.73 Å². The number of nitrogens with two attached hydrogens (primary N) is 1. The van der Waals surface area contributed by atoms with Crippen LogP contribution in [0.5, 0.6) is 0 Å². The molecule has 0 aliphatic rings. The average molecular weight is 177 g/mol. The summed E-state index contributed by atoms with van der Waals surface area (Å²) in [5, 5.41) is 8.42. The molecule has 68 valence electrons. The molecule has 13 heavy (non-hydrogen) atoms. The molecule has 1 atom stereocenters. The number of aromatic amines is 1. The van der Waals surface area contributed by atoms with Crippen molar-refractivity contribution in [3.63, 3.8) is 0 Å². The minimum atomic E-state index is -0.492. The zero-order chi connectivity index (χ0) is 9.84. The Morgan fingerprint density at radius 3 is 3.08 bits per heavy atom.